The molecule has 1 unspecified atom stereocenters. The zero-order chi connectivity index (χ0) is 19.5. The summed E-state index contributed by atoms with van der Waals surface area (Å²) >= 11 is 0. The van der Waals surface area contributed by atoms with Gasteiger partial charge in [0.05, 0.1) is 17.4 Å². The zero-order valence-corrected chi connectivity index (χ0v) is 16.7. The van der Waals surface area contributed by atoms with Crippen LogP contribution in [-0.2, 0) is 9.59 Å². The molecular weight excluding hydrogens is 352 g/mol. The summed E-state index contributed by atoms with van der Waals surface area (Å²) in [5.41, 5.74) is 1.88. The fourth-order valence-corrected chi connectivity index (χ4v) is 4.63. The molecular formula is C22H30N4O2. The third-order valence-electron chi connectivity index (χ3n) is 6.44. The number of para-hydroxylation sites is 2. The van der Waals surface area contributed by atoms with E-state index < -0.39 is 0 Å². The summed E-state index contributed by atoms with van der Waals surface area (Å²) in [5, 5.41) is 0. The Kier molecular flexibility index (Phi) is 5.64. The lowest BCUT2D eigenvalue weighted by Crippen LogP contribution is -2.51. The number of hydrogen-bond donors (Lipinski definition) is 0. The predicted molar refractivity (Wildman–Crippen MR) is 109 cm³/mol. The van der Waals surface area contributed by atoms with E-state index in [2.05, 4.69) is 4.98 Å². The van der Waals surface area contributed by atoms with Crippen molar-refractivity contribution in [1.29, 1.82) is 0 Å². The molecule has 2 heterocycles. The molecule has 0 N–H and O–H groups in total. The lowest BCUT2D eigenvalue weighted by Gasteiger charge is -2.36. The summed E-state index contributed by atoms with van der Waals surface area (Å²) in [6, 6.07) is 7.58. The van der Waals surface area contributed by atoms with Gasteiger partial charge >= 0.3 is 0 Å². The molecule has 1 aromatic carbocycles. The first-order chi connectivity index (χ1) is 13.6. The van der Waals surface area contributed by atoms with E-state index in [-0.39, 0.29) is 17.9 Å². The molecule has 28 heavy (non-hydrogen) atoms. The fourth-order valence-electron chi connectivity index (χ4n) is 4.63. The van der Waals surface area contributed by atoms with E-state index in [1.165, 1.54) is 25.7 Å². The number of hydrogen-bond acceptors (Lipinski definition) is 3. The van der Waals surface area contributed by atoms with Crippen molar-refractivity contribution in [2.45, 2.75) is 51.5 Å². The molecule has 2 fully saturated rings. The van der Waals surface area contributed by atoms with Gasteiger partial charge in [-0.15, -0.1) is 0 Å². The zero-order valence-electron chi connectivity index (χ0n) is 16.7. The van der Waals surface area contributed by atoms with Crippen molar-refractivity contribution in [3.63, 3.8) is 0 Å². The van der Waals surface area contributed by atoms with Crippen molar-refractivity contribution in [1.82, 2.24) is 19.4 Å². The lowest BCUT2D eigenvalue weighted by atomic mass is 10.0. The number of rotatable bonds is 5. The van der Waals surface area contributed by atoms with Crippen LogP contribution in [0.25, 0.3) is 11.0 Å². The number of nitrogens with zero attached hydrogens (tertiary/aromatic N) is 4. The highest BCUT2D eigenvalue weighted by Crippen LogP contribution is 2.28. The maximum atomic E-state index is 13.0. The Morgan fingerprint density at radius 2 is 1.75 bits per heavy atom. The van der Waals surface area contributed by atoms with Crippen LogP contribution in [0.2, 0.25) is 0 Å². The van der Waals surface area contributed by atoms with Crippen molar-refractivity contribution >= 4 is 22.8 Å². The van der Waals surface area contributed by atoms with Gasteiger partial charge in [-0.25, -0.2) is 4.98 Å². The second-order valence-corrected chi connectivity index (χ2v) is 8.21. The monoisotopic (exact) mass is 382 g/mol. The van der Waals surface area contributed by atoms with E-state index >= 15 is 0 Å². The Morgan fingerprint density at radius 3 is 2.50 bits per heavy atom. The van der Waals surface area contributed by atoms with Crippen molar-refractivity contribution < 1.29 is 9.59 Å². The number of amides is 2. The first-order valence-corrected chi connectivity index (χ1v) is 10.6. The predicted octanol–water partition coefficient (Wildman–Crippen LogP) is 3.24. The van der Waals surface area contributed by atoms with Crippen molar-refractivity contribution in [3.8, 4) is 0 Å². The standard InChI is InChI=1S/C22H30N4O2/c1-17(26-16-23-19-8-4-5-9-20(19)26)22(28)25-14-12-24(13-15-25)21(27)11-10-18-6-2-3-7-18/h4-5,8-9,16-18H,2-3,6-7,10-15H2,1H3. The number of piperazine rings is 1. The van der Waals surface area contributed by atoms with Crippen LogP contribution in [-0.4, -0.2) is 57.3 Å². The fraction of sp³-hybridized carbons (Fsp3) is 0.591. The number of aromatic nitrogens is 2. The minimum Gasteiger partial charge on any atom is -0.339 e. The summed E-state index contributed by atoms with van der Waals surface area (Å²) in [4.78, 5) is 33.7. The third-order valence-corrected chi connectivity index (χ3v) is 6.44. The van der Waals surface area contributed by atoms with Gasteiger partial charge in [0, 0.05) is 32.6 Å². The van der Waals surface area contributed by atoms with Gasteiger partial charge in [-0.3, -0.25) is 9.59 Å². The van der Waals surface area contributed by atoms with Gasteiger partial charge in [-0.2, -0.15) is 0 Å². The van der Waals surface area contributed by atoms with E-state index in [9.17, 15) is 9.59 Å². The molecule has 1 aromatic heterocycles. The molecule has 1 aliphatic carbocycles. The van der Waals surface area contributed by atoms with Gasteiger partial charge in [0.2, 0.25) is 11.8 Å². The maximum absolute atomic E-state index is 13.0. The largest absolute Gasteiger partial charge is 0.339 e. The van der Waals surface area contributed by atoms with Crippen LogP contribution in [0.4, 0.5) is 0 Å². The van der Waals surface area contributed by atoms with Crippen LogP contribution in [0.1, 0.15) is 51.5 Å². The third kappa shape index (κ3) is 3.91. The first kappa shape index (κ1) is 19.0. The second-order valence-electron chi connectivity index (χ2n) is 8.21. The second kappa shape index (κ2) is 8.33. The Hall–Kier alpha value is -2.37. The summed E-state index contributed by atoms with van der Waals surface area (Å²) in [7, 11) is 0. The lowest BCUT2D eigenvalue weighted by molar-refractivity contribution is -0.141. The van der Waals surface area contributed by atoms with Crippen LogP contribution >= 0.6 is 0 Å². The highest BCUT2D eigenvalue weighted by atomic mass is 16.2. The van der Waals surface area contributed by atoms with Gasteiger partial charge in [0.25, 0.3) is 0 Å². The van der Waals surface area contributed by atoms with Gasteiger partial charge in [-0.1, -0.05) is 37.8 Å². The molecule has 0 radical (unpaired) electrons. The van der Waals surface area contributed by atoms with Crippen LogP contribution in [0.3, 0.4) is 0 Å². The molecule has 4 rings (SSSR count). The van der Waals surface area contributed by atoms with E-state index in [4.69, 9.17) is 0 Å². The molecule has 1 aliphatic heterocycles. The summed E-state index contributed by atoms with van der Waals surface area (Å²) in [6.07, 6.45) is 8.66. The highest BCUT2D eigenvalue weighted by molar-refractivity contribution is 5.84. The molecule has 2 aliphatic rings. The Balaban J connectivity index is 1.30. The summed E-state index contributed by atoms with van der Waals surface area (Å²) in [5.74, 6) is 1.10. The van der Waals surface area contributed by atoms with Crippen molar-refractivity contribution in [2.75, 3.05) is 26.2 Å². The van der Waals surface area contributed by atoms with Crippen molar-refractivity contribution in [2.24, 2.45) is 5.92 Å². The molecule has 1 saturated heterocycles. The quantitative estimate of drug-likeness (QED) is 0.798. The van der Waals surface area contributed by atoms with E-state index in [1.807, 2.05) is 45.6 Å². The smallest absolute Gasteiger partial charge is 0.245 e. The average Bonchev–Trinajstić information content (AvgIpc) is 3.41. The van der Waals surface area contributed by atoms with Crippen LogP contribution in [0.15, 0.2) is 30.6 Å². The molecule has 2 aromatic rings. The number of carbonyl (C=O) groups is 2. The van der Waals surface area contributed by atoms with Crippen LogP contribution < -0.4 is 0 Å². The number of carbonyl (C=O) groups excluding carboxylic acids is 2. The SMILES string of the molecule is CC(C(=O)N1CCN(C(=O)CCC2CCCC2)CC1)n1cnc2ccccc21. The number of imidazole rings is 1. The average molecular weight is 383 g/mol. The number of fused-ring (bicyclic) bond motifs is 1. The molecule has 1 atom stereocenters. The maximum Gasteiger partial charge on any atom is 0.245 e. The topological polar surface area (TPSA) is 58.4 Å². The van der Waals surface area contributed by atoms with E-state index in [0.29, 0.717) is 32.6 Å². The Bertz CT molecular complexity index is 832. The first-order valence-electron chi connectivity index (χ1n) is 10.6. The normalized spacial score (nSPS) is 19.3. The summed E-state index contributed by atoms with van der Waals surface area (Å²) in [6.45, 7) is 4.45. The molecule has 0 bridgehead atoms. The minimum absolute atomic E-state index is 0.0983. The van der Waals surface area contributed by atoms with Crippen LogP contribution in [0, 0.1) is 5.92 Å². The molecule has 1 saturated carbocycles. The van der Waals surface area contributed by atoms with Gasteiger partial charge in [0.1, 0.15) is 6.04 Å². The molecule has 150 valence electrons. The Labute approximate surface area is 166 Å². The van der Waals surface area contributed by atoms with Crippen molar-refractivity contribution in [3.05, 3.63) is 30.6 Å². The van der Waals surface area contributed by atoms with Gasteiger partial charge in [0.15, 0.2) is 0 Å². The highest BCUT2D eigenvalue weighted by Gasteiger charge is 2.28. The molecule has 6 heteroatoms. The minimum atomic E-state index is -0.294. The molecule has 6 nitrogen and oxygen atoms in total. The number of benzene rings is 1. The summed E-state index contributed by atoms with van der Waals surface area (Å²) < 4.78 is 1.94. The molecule has 2 amide bonds. The Morgan fingerprint density at radius 1 is 1.07 bits per heavy atom. The van der Waals surface area contributed by atoms with E-state index in [0.717, 1.165) is 23.4 Å². The van der Waals surface area contributed by atoms with Gasteiger partial charge in [-0.05, 0) is 31.4 Å². The van der Waals surface area contributed by atoms with Gasteiger partial charge < -0.3 is 14.4 Å². The molecule has 0 spiro atoms. The van der Waals surface area contributed by atoms with Crippen LogP contribution in [0.5, 0.6) is 0 Å². The van der Waals surface area contributed by atoms with E-state index in [1.54, 1.807) is 6.33 Å².